The van der Waals surface area contributed by atoms with E-state index in [9.17, 15) is 9.90 Å². The average Bonchev–Trinajstić information content (AvgIpc) is 2.97. The number of aryl methyl sites for hydroxylation is 1. The third kappa shape index (κ3) is 2.60. The van der Waals surface area contributed by atoms with Gasteiger partial charge in [0.1, 0.15) is 5.75 Å². The number of carbonyl (C=O) groups is 1. The van der Waals surface area contributed by atoms with Crippen molar-refractivity contribution in [2.75, 3.05) is 13.6 Å². The first kappa shape index (κ1) is 12.0. The van der Waals surface area contributed by atoms with Crippen molar-refractivity contribution in [2.24, 2.45) is 11.8 Å². The second-order valence-corrected chi connectivity index (χ2v) is 5.16. The molecule has 1 aliphatic carbocycles. The van der Waals surface area contributed by atoms with Crippen LogP contribution in [-0.2, 0) is 0 Å². The molecule has 3 nitrogen and oxygen atoms in total. The molecule has 1 aromatic carbocycles. The van der Waals surface area contributed by atoms with Crippen molar-refractivity contribution in [3.8, 4) is 5.75 Å². The quantitative estimate of drug-likeness (QED) is 0.871. The highest BCUT2D eigenvalue weighted by atomic mass is 16.3. The van der Waals surface area contributed by atoms with Gasteiger partial charge in [-0.3, -0.25) is 4.79 Å². The van der Waals surface area contributed by atoms with Crippen LogP contribution in [-0.4, -0.2) is 29.5 Å². The van der Waals surface area contributed by atoms with Gasteiger partial charge < -0.3 is 10.0 Å². The highest BCUT2D eigenvalue weighted by Crippen LogP contribution is 2.38. The maximum absolute atomic E-state index is 12.1. The molecular formula is C14H19NO2. The lowest BCUT2D eigenvalue weighted by atomic mass is 10.1. The van der Waals surface area contributed by atoms with Crippen molar-refractivity contribution in [3.05, 3.63) is 29.3 Å². The zero-order chi connectivity index (χ0) is 12.6. The largest absolute Gasteiger partial charge is 0.508 e. The number of phenols is 1. The molecule has 0 aromatic heterocycles. The lowest BCUT2D eigenvalue weighted by Crippen LogP contribution is -2.29. The molecule has 1 fully saturated rings. The Balaban J connectivity index is 2.05. The molecule has 1 aliphatic rings. The Bertz CT molecular complexity index is 442. The fourth-order valence-corrected chi connectivity index (χ4v) is 2.10. The number of carbonyl (C=O) groups excluding carboxylic acids is 1. The third-order valence-electron chi connectivity index (χ3n) is 3.57. The summed E-state index contributed by atoms with van der Waals surface area (Å²) in [7, 11) is 1.84. The first-order chi connectivity index (χ1) is 7.99. The minimum absolute atomic E-state index is 0.0344. The SMILES string of the molecule is Cc1cc(C(=O)N(C)CC2CC2C)ccc1O. The highest BCUT2D eigenvalue weighted by Gasteiger charge is 2.34. The number of rotatable bonds is 3. The lowest BCUT2D eigenvalue weighted by Gasteiger charge is -2.17. The van der Waals surface area contributed by atoms with Crippen molar-refractivity contribution < 1.29 is 9.90 Å². The number of amides is 1. The van der Waals surface area contributed by atoms with Gasteiger partial charge >= 0.3 is 0 Å². The monoisotopic (exact) mass is 233 g/mol. The zero-order valence-electron chi connectivity index (χ0n) is 10.6. The summed E-state index contributed by atoms with van der Waals surface area (Å²) in [6, 6.07) is 5.00. The minimum Gasteiger partial charge on any atom is -0.508 e. The Hall–Kier alpha value is -1.51. The third-order valence-corrected chi connectivity index (χ3v) is 3.57. The summed E-state index contributed by atoms with van der Waals surface area (Å²) in [6.07, 6.45) is 1.23. The minimum atomic E-state index is 0.0344. The van der Waals surface area contributed by atoms with Crippen molar-refractivity contribution in [1.29, 1.82) is 0 Å². The highest BCUT2D eigenvalue weighted by molar-refractivity contribution is 5.94. The van der Waals surface area contributed by atoms with Gasteiger partial charge in [-0.15, -0.1) is 0 Å². The van der Waals surface area contributed by atoms with Crippen LogP contribution in [0, 0.1) is 18.8 Å². The van der Waals surface area contributed by atoms with E-state index in [1.54, 1.807) is 30.0 Å². The van der Waals surface area contributed by atoms with E-state index in [4.69, 9.17) is 0 Å². The molecule has 17 heavy (non-hydrogen) atoms. The summed E-state index contributed by atoms with van der Waals surface area (Å²) in [4.78, 5) is 13.9. The number of phenolic OH excluding ortho intramolecular Hbond substituents is 1. The van der Waals surface area contributed by atoms with E-state index in [1.165, 1.54) is 6.42 Å². The molecule has 0 heterocycles. The second kappa shape index (κ2) is 4.40. The van der Waals surface area contributed by atoms with Crippen LogP contribution < -0.4 is 0 Å². The zero-order valence-corrected chi connectivity index (χ0v) is 10.6. The molecular weight excluding hydrogens is 214 g/mol. The Morgan fingerprint density at radius 2 is 2.18 bits per heavy atom. The van der Waals surface area contributed by atoms with Crippen molar-refractivity contribution in [2.45, 2.75) is 20.3 Å². The summed E-state index contributed by atoms with van der Waals surface area (Å²) >= 11 is 0. The molecule has 0 spiro atoms. The van der Waals surface area contributed by atoms with Gasteiger partial charge in [0, 0.05) is 19.2 Å². The van der Waals surface area contributed by atoms with Gasteiger partial charge in [0.25, 0.3) is 5.91 Å². The van der Waals surface area contributed by atoms with Gasteiger partial charge in [0.2, 0.25) is 0 Å². The Labute approximate surface area is 102 Å². The maximum Gasteiger partial charge on any atom is 0.253 e. The fourth-order valence-electron chi connectivity index (χ4n) is 2.10. The molecule has 2 atom stereocenters. The molecule has 1 aromatic rings. The van der Waals surface area contributed by atoms with E-state index in [-0.39, 0.29) is 11.7 Å². The maximum atomic E-state index is 12.1. The molecule has 0 radical (unpaired) electrons. The van der Waals surface area contributed by atoms with Crippen LogP contribution in [0.2, 0.25) is 0 Å². The molecule has 0 saturated heterocycles. The number of nitrogens with zero attached hydrogens (tertiary/aromatic N) is 1. The van der Waals surface area contributed by atoms with Crippen LogP contribution in [0.5, 0.6) is 5.75 Å². The Morgan fingerprint density at radius 3 is 2.71 bits per heavy atom. The van der Waals surface area contributed by atoms with E-state index in [0.717, 1.165) is 18.0 Å². The lowest BCUT2D eigenvalue weighted by molar-refractivity contribution is 0.0787. The van der Waals surface area contributed by atoms with Crippen LogP contribution in [0.4, 0.5) is 0 Å². The van der Waals surface area contributed by atoms with Crippen molar-refractivity contribution in [3.63, 3.8) is 0 Å². The smallest absolute Gasteiger partial charge is 0.253 e. The van der Waals surface area contributed by atoms with Crippen molar-refractivity contribution >= 4 is 5.91 Å². The van der Waals surface area contributed by atoms with Gasteiger partial charge in [-0.2, -0.15) is 0 Å². The molecule has 92 valence electrons. The molecule has 0 bridgehead atoms. The molecule has 2 unspecified atom stereocenters. The van der Waals surface area contributed by atoms with Crippen molar-refractivity contribution in [1.82, 2.24) is 4.90 Å². The standard InChI is InChI=1S/C14H19NO2/c1-9-6-12(9)8-15(3)14(17)11-4-5-13(16)10(2)7-11/h4-5,7,9,12,16H,6,8H2,1-3H3. The van der Waals surface area contributed by atoms with E-state index in [1.807, 2.05) is 7.05 Å². The first-order valence-electron chi connectivity index (χ1n) is 6.04. The first-order valence-corrected chi connectivity index (χ1v) is 6.04. The molecule has 1 amide bonds. The molecule has 1 saturated carbocycles. The predicted molar refractivity (Wildman–Crippen MR) is 67.1 cm³/mol. The summed E-state index contributed by atoms with van der Waals surface area (Å²) in [5, 5.41) is 9.43. The predicted octanol–water partition coefficient (Wildman–Crippen LogP) is 2.43. The normalized spacial score (nSPS) is 22.3. The van der Waals surface area contributed by atoms with Crippen LogP contribution in [0.1, 0.15) is 29.3 Å². The number of aromatic hydroxyl groups is 1. The van der Waals surface area contributed by atoms with E-state index in [0.29, 0.717) is 11.5 Å². The van der Waals surface area contributed by atoms with Crippen LogP contribution >= 0.6 is 0 Å². The molecule has 0 aliphatic heterocycles. The fraction of sp³-hybridized carbons (Fsp3) is 0.500. The van der Waals surface area contributed by atoms with Crippen LogP contribution in [0.25, 0.3) is 0 Å². The average molecular weight is 233 g/mol. The Morgan fingerprint density at radius 1 is 1.53 bits per heavy atom. The number of hydrogen-bond acceptors (Lipinski definition) is 2. The van der Waals surface area contributed by atoms with E-state index < -0.39 is 0 Å². The van der Waals surface area contributed by atoms with E-state index >= 15 is 0 Å². The molecule has 1 N–H and O–H groups in total. The van der Waals surface area contributed by atoms with Gasteiger partial charge in [0.05, 0.1) is 0 Å². The van der Waals surface area contributed by atoms with Gasteiger partial charge in [-0.25, -0.2) is 0 Å². The summed E-state index contributed by atoms with van der Waals surface area (Å²) in [5.74, 6) is 1.70. The summed E-state index contributed by atoms with van der Waals surface area (Å²) < 4.78 is 0. The number of benzene rings is 1. The molecule has 3 heteroatoms. The number of hydrogen-bond donors (Lipinski definition) is 1. The van der Waals surface area contributed by atoms with Crippen LogP contribution in [0.3, 0.4) is 0 Å². The molecule has 2 rings (SSSR count). The Kier molecular flexibility index (Phi) is 3.09. The second-order valence-electron chi connectivity index (χ2n) is 5.16. The van der Waals surface area contributed by atoms with Crippen LogP contribution in [0.15, 0.2) is 18.2 Å². The van der Waals surface area contributed by atoms with Gasteiger partial charge in [0.15, 0.2) is 0 Å². The topological polar surface area (TPSA) is 40.5 Å². The van der Waals surface area contributed by atoms with Gasteiger partial charge in [-0.1, -0.05) is 6.92 Å². The van der Waals surface area contributed by atoms with Gasteiger partial charge in [-0.05, 0) is 48.9 Å². The summed E-state index contributed by atoms with van der Waals surface area (Å²) in [5.41, 5.74) is 1.39. The van der Waals surface area contributed by atoms with E-state index in [2.05, 4.69) is 6.92 Å². The summed E-state index contributed by atoms with van der Waals surface area (Å²) in [6.45, 7) is 4.85.